The van der Waals surface area contributed by atoms with E-state index in [9.17, 15) is 22.0 Å². The third kappa shape index (κ3) is 3.77. The lowest BCUT2D eigenvalue weighted by Crippen LogP contribution is -2.55. The van der Waals surface area contributed by atoms with Gasteiger partial charge in [0.15, 0.2) is 27.2 Å². The monoisotopic (exact) mass is 374 g/mol. The first kappa shape index (κ1) is 18.1. The zero-order valence-corrected chi connectivity index (χ0v) is 14.6. The molecule has 2 aliphatic rings. The highest BCUT2D eigenvalue weighted by atomic mass is 32.2. The smallest absolute Gasteiger partial charge is 0.223 e. The maximum Gasteiger partial charge on any atom is 0.223 e. The highest BCUT2D eigenvalue weighted by Crippen LogP contribution is 2.29. The number of ether oxygens (including phenoxy) is 1. The molecule has 0 spiro atoms. The lowest BCUT2D eigenvalue weighted by Gasteiger charge is -2.38. The van der Waals surface area contributed by atoms with Crippen molar-refractivity contribution in [1.29, 1.82) is 0 Å². The predicted molar refractivity (Wildman–Crippen MR) is 86.1 cm³/mol. The number of nitrogens with one attached hydrogen (secondary N) is 1. The average Bonchev–Trinajstić information content (AvgIpc) is 2.96. The molecule has 0 radical (unpaired) electrons. The van der Waals surface area contributed by atoms with Crippen LogP contribution in [-0.2, 0) is 14.6 Å². The van der Waals surface area contributed by atoms with Crippen molar-refractivity contribution in [2.75, 3.05) is 25.9 Å². The zero-order chi connectivity index (χ0) is 18.2. The highest BCUT2D eigenvalue weighted by molar-refractivity contribution is 7.90. The summed E-state index contributed by atoms with van der Waals surface area (Å²) in [6.07, 6.45) is 2.14. The largest absolute Gasteiger partial charge is 0.481 e. The van der Waals surface area contributed by atoms with Gasteiger partial charge in [-0.3, -0.25) is 4.79 Å². The van der Waals surface area contributed by atoms with Gasteiger partial charge in [-0.2, -0.15) is 0 Å². The van der Waals surface area contributed by atoms with Gasteiger partial charge in [-0.25, -0.2) is 17.2 Å². The molecule has 3 rings (SSSR count). The van der Waals surface area contributed by atoms with Gasteiger partial charge in [-0.15, -0.1) is 0 Å². The Hall–Kier alpha value is -1.74. The van der Waals surface area contributed by atoms with Crippen molar-refractivity contribution in [2.24, 2.45) is 0 Å². The minimum atomic E-state index is -3.73. The van der Waals surface area contributed by atoms with Gasteiger partial charge in [-0.1, -0.05) is 0 Å². The van der Waals surface area contributed by atoms with Crippen LogP contribution in [0.2, 0.25) is 0 Å². The Kier molecular flexibility index (Phi) is 4.97. The molecule has 1 unspecified atom stereocenters. The average molecular weight is 374 g/mol. The minimum Gasteiger partial charge on any atom is -0.481 e. The standard InChI is InChI=1S/C16H20F2N2O4S/c1-25(22,23)10-7-11(17)16(12(18)8-10)24-14-9-19-5-4-13(14)20-6-2-3-15(20)21/h7-8,13-14,19H,2-6,9H2,1H3/t13?,14-/m1/s1. The van der Waals surface area contributed by atoms with Crippen molar-refractivity contribution >= 4 is 15.7 Å². The fourth-order valence-electron chi connectivity index (χ4n) is 3.33. The van der Waals surface area contributed by atoms with E-state index >= 15 is 0 Å². The number of hydrogen-bond donors (Lipinski definition) is 1. The summed E-state index contributed by atoms with van der Waals surface area (Å²) in [6.45, 7) is 1.65. The lowest BCUT2D eigenvalue weighted by atomic mass is 10.0. The Morgan fingerprint density at radius 3 is 2.52 bits per heavy atom. The Balaban J connectivity index is 1.86. The molecule has 9 heteroatoms. The van der Waals surface area contributed by atoms with E-state index < -0.39 is 38.2 Å². The number of sulfone groups is 1. The normalized spacial score (nSPS) is 24.6. The number of rotatable bonds is 4. The number of hydrogen-bond acceptors (Lipinski definition) is 5. The number of carbonyl (C=O) groups is 1. The second-order valence-electron chi connectivity index (χ2n) is 6.40. The molecule has 0 aliphatic carbocycles. The summed E-state index contributed by atoms with van der Waals surface area (Å²) in [5, 5.41) is 3.09. The van der Waals surface area contributed by atoms with Crippen LogP contribution in [0.15, 0.2) is 17.0 Å². The molecule has 2 saturated heterocycles. The van der Waals surface area contributed by atoms with Crippen molar-refractivity contribution in [2.45, 2.75) is 36.3 Å². The van der Waals surface area contributed by atoms with Crippen LogP contribution < -0.4 is 10.1 Å². The van der Waals surface area contributed by atoms with Crippen molar-refractivity contribution in [3.63, 3.8) is 0 Å². The molecule has 1 amide bonds. The maximum atomic E-state index is 14.2. The van der Waals surface area contributed by atoms with Gasteiger partial charge in [0.2, 0.25) is 5.91 Å². The lowest BCUT2D eigenvalue weighted by molar-refractivity contribution is -0.132. The van der Waals surface area contributed by atoms with E-state index in [-0.39, 0.29) is 11.9 Å². The third-order valence-electron chi connectivity index (χ3n) is 4.57. The molecule has 138 valence electrons. The van der Waals surface area contributed by atoms with Crippen LogP contribution in [0.25, 0.3) is 0 Å². The molecule has 1 N–H and O–H groups in total. The molecule has 2 aliphatic heterocycles. The SMILES string of the molecule is CS(=O)(=O)c1cc(F)c(O[C@@H]2CNCCC2N2CCCC2=O)c(F)c1. The van der Waals surface area contributed by atoms with Crippen LogP contribution in [0.3, 0.4) is 0 Å². The van der Waals surface area contributed by atoms with E-state index in [2.05, 4.69) is 5.32 Å². The number of amides is 1. The first-order valence-electron chi connectivity index (χ1n) is 8.13. The molecule has 2 atom stereocenters. The van der Waals surface area contributed by atoms with Gasteiger partial charge < -0.3 is 15.0 Å². The molecule has 25 heavy (non-hydrogen) atoms. The van der Waals surface area contributed by atoms with Crippen molar-refractivity contribution in [1.82, 2.24) is 10.2 Å². The van der Waals surface area contributed by atoms with Gasteiger partial charge in [0.05, 0.1) is 10.9 Å². The second-order valence-corrected chi connectivity index (χ2v) is 8.41. The molecule has 0 bridgehead atoms. The third-order valence-corrected chi connectivity index (χ3v) is 5.66. The summed E-state index contributed by atoms with van der Waals surface area (Å²) in [7, 11) is -3.73. The zero-order valence-electron chi connectivity index (χ0n) is 13.8. The van der Waals surface area contributed by atoms with Gasteiger partial charge in [0.1, 0.15) is 6.10 Å². The number of benzene rings is 1. The topological polar surface area (TPSA) is 75.7 Å². The second kappa shape index (κ2) is 6.87. The van der Waals surface area contributed by atoms with Crippen molar-refractivity contribution in [3.8, 4) is 5.75 Å². The summed E-state index contributed by atoms with van der Waals surface area (Å²) < 4.78 is 57.0. The van der Waals surface area contributed by atoms with Gasteiger partial charge in [-0.05, 0) is 31.5 Å². The fraction of sp³-hybridized carbons (Fsp3) is 0.562. The van der Waals surface area contributed by atoms with Crippen molar-refractivity contribution in [3.05, 3.63) is 23.8 Å². The molecule has 2 heterocycles. The molecular formula is C16H20F2N2O4S. The van der Waals surface area contributed by atoms with Crippen LogP contribution in [0.1, 0.15) is 19.3 Å². The molecule has 2 fully saturated rings. The molecule has 1 aromatic rings. The van der Waals surface area contributed by atoms with Crippen LogP contribution in [0.4, 0.5) is 8.78 Å². The number of carbonyl (C=O) groups excluding carboxylic acids is 1. The first-order chi connectivity index (χ1) is 11.8. The fourth-order valence-corrected chi connectivity index (χ4v) is 3.96. The van der Waals surface area contributed by atoms with E-state index in [4.69, 9.17) is 4.74 Å². The number of likely N-dealkylation sites (tertiary alicyclic amines) is 1. The molecule has 0 aromatic heterocycles. The van der Waals surface area contributed by atoms with E-state index in [0.29, 0.717) is 32.5 Å². The highest BCUT2D eigenvalue weighted by Gasteiger charge is 2.37. The molecular weight excluding hydrogens is 354 g/mol. The molecule has 0 saturated carbocycles. The van der Waals surface area contributed by atoms with E-state index in [1.165, 1.54) is 0 Å². The Bertz CT molecular complexity index is 761. The first-order valence-corrected chi connectivity index (χ1v) is 10.0. The van der Waals surface area contributed by atoms with Crippen LogP contribution in [-0.4, -0.2) is 57.3 Å². The number of nitrogens with zero attached hydrogens (tertiary/aromatic N) is 1. The van der Waals surface area contributed by atoms with Crippen LogP contribution in [0, 0.1) is 11.6 Å². The molecule has 6 nitrogen and oxygen atoms in total. The van der Waals surface area contributed by atoms with E-state index in [1.807, 2.05) is 0 Å². The van der Waals surface area contributed by atoms with E-state index in [1.54, 1.807) is 4.90 Å². The number of piperidine rings is 1. The summed E-state index contributed by atoms with van der Waals surface area (Å²) in [5.41, 5.74) is 0. The Morgan fingerprint density at radius 2 is 1.96 bits per heavy atom. The summed E-state index contributed by atoms with van der Waals surface area (Å²) in [5.74, 6) is -2.73. The van der Waals surface area contributed by atoms with Crippen LogP contribution in [0.5, 0.6) is 5.75 Å². The summed E-state index contributed by atoms with van der Waals surface area (Å²) in [6, 6.07) is 1.24. The summed E-state index contributed by atoms with van der Waals surface area (Å²) in [4.78, 5) is 13.3. The van der Waals surface area contributed by atoms with E-state index in [0.717, 1.165) is 24.8 Å². The number of halogens is 2. The van der Waals surface area contributed by atoms with Gasteiger partial charge in [0, 0.05) is 25.8 Å². The van der Waals surface area contributed by atoms with Gasteiger partial charge in [0.25, 0.3) is 0 Å². The predicted octanol–water partition coefficient (Wildman–Crippen LogP) is 1.10. The maximum absolute atomic E-state index is 14.2. The van der Waals surface area contributed by atoms with Gasteiger partial charge >= 0.3 is 0 Å². The minimum absolute atomic E-state index is 0.0221. The molecule has 1 aromatic carbocycles. The Morgan fingerprint density at radius 1 is 1.28 bits per heavy atom. The Labute approximate surface area is 145 Å². The van der Waals surface area contributed by atoms with Crippen molar-refractivity contribution < 1.29 is 26.7 Å². The van der Waals surface area contributed by atoms with Crippen LogP contribution >= 0.6 is 0 Å². The summed E-state index contributed by atoms with van der Waals surface area (Å²) >= 11 is 0. The quantitative estimate of drug-likeness (QED) is 0.854.